The van der Waals surface area contributed by atoms with E-state index in [4.69, 9.17) is 0 Å². The van der Waals surface area contributed by atoms with Gasteiger partial charge < -0.3 is 15.5 Å². The molecule has 0 atom stereocenters. The first-order chi connectivity index (χ1) is 10.6. The lowest BCUT2D eigenvalue weighted by Gasteiger charge is -2.15. The minimum Gasteiger partial charge on any atom is -0.341 e. The number of halogens is 2. The van der Waals surface area contributed by atoms with Crippen molar-refractivity contribution in [3.05, 3.63) is 34.1 Å². The van der Waals surface area contributed by atoms with Gasteiger partial charge in [-0.15, -0.1) is 0 Å². The van der Waals surface area contributed by atoms with Gasteiger partial charge in [-0.2, -0.15) is 0 Å². The first kappa shape index (κ1) is 16.7. The highest BCUT2D eigenvalue weighted by molar-refractivity contribution is 9.10. The van der Waals surface area contributed by atoms with Crippen molar-refractivity contribution in [3.63, 3.8) is 0 Å². The molecule has 0 spiro atoms. The lowest BCUT2D eigenvalue weighted by atomic mass is 10.1. The summed E-state index contributed by atoms with van der Waals surface area (Å²) in [5.74, 6) is -0.356. The van der Waals surface area contributed by atoms with E-state index < -0.39 is 0 Å². The second-order valence-electron chi connectivity index (χ2n) is 5.20. The molecule has 2 rings (SSSR count). The van der Waals surface area contributed by atoms with Crippen LogP contribution in [0.4, 0.5) is 9.18 Å². The summed E-state index contributed by atoms with van der Waals surface area (Å²) in [6.45, 7) is 2.00. The van der Waals surface area contributed by atoms with Crippen molar-refractivity contribution in [1.29, 1.82) is 0 Å². The van der Waals surface area contributed by atoms with E-state index in [1.807, 2.05) is 0 Å². The molecule has 1 aromatic carbocycles. The Morgan fingerprint density at radius 2 is 1.95 bits per heavy atom. The Balaban J connectivity index is 1.64. The predicted molar refractivity (Wildman–Crippen MR) is 85.0 cm³/mol. The number of likely N-dealkylation sites (tertiary alicyclic amines) is 1. The topological polar surface area (TPSA) is 61.4 Å². The van der Waals surface area contributed by atoms with Gasteiger partial charge in [-0.1, -0.05) is 6.07 Å². The number of hydrogen-bond acceptors (Lipinski definition) is 2. The number of carbonyl (C=O) groups excluding carboxylic acids is 2. The van der Waals surface area contributed by atoms with Crippen molar-refractivity contribution in [2.45, 2.75) is 19.3 Å². The first-order valence-corrected chi connectivity index (χ1v) is 8.09. The number of nitrogens with one attached hydrogen (secondary N) is 2. The Morgan fingerprint density at radius 3 is 2.64 bits per heavy atom. The molecule has 5 nitrogen and oxygen atoms in total. The molecular formula is C15H19BrFN3O2. The van der Waals surface area contributed by atoms with Crippen molar-refractivity contribution in [3.8, 4) is 0 Å². The second kappa shape index (κ2) is 8.12. The summed E-state index contributed by atoms with van der Waals surface area (Å²) in [4.78, 5) is 25.1. The van der Waals surface area contributed by atoms with Crippen LogP contribution < -0.4 is 10.6 Å². The highest BCUT2D eigenvalue weighted by Gasteiger charge is 2.17. The normalized spacial score (nSPS) is 14.0. The van der Waals surface area contributed by atoms with Gasteiger partial charge in [-0.05, 0) is 52.9 Å². The molecule has 0 aromatic heterocycles. The zero-order valence-corrected chi connectivity index (χ0v) is 13.8. The van der Waals surface area contributed by atoms with Gasteiger partial charge in [0.2, 0.25) is 5.91 Å². The second-order valence-corrected chi connectivity index (χ2v) is 6.05. The zero-order valence-electron chi connectivity index (χ0n) is 12.2. The molecule has 1 aliphatic rings. The quantitative estimate of drug-likeness (QED) is 0.831. The van der Waals surface area contributed by atoms with E-state index in [0.29, 0.717) is 17.4 Å². The van der Waals surface area contributed by atoms with Crippen LogP contribution in [0.1, 0.15) is 18.4 Å². The number of hydrogen-bond donors (Lipinski definition) is 2. The van der Waals surface area contributed by atoms with Gasteiger partial charge in [0.05, 0.1) is 11.0 Å². The highest BCUT2D eigenvalue weighted by atomic mass is 79.9. The molecule has 0 saturated carbocycles. The van der Waals surface area contributed by atoms with Crippen LogP contribution in [0.15, 0.2) is 22.7 Å². The summed E-state index contributed by atoms with van der Waals surface area (Å²) in [5.41, 5.74) is 0.918. The largest absolute Gasteiger partial charge is 0.341 e. The monoisotopic (exact) mass is 371 g/mol. The van der Waals surface area contributed by atoms with Crippen LogP contribution in [-0.4, -0.2) is 43.0 Å². The highest BCUT2D eigenvalue weighted by Crippen LogP contribution is 2.16. The van der Waals surface area contributed by atoms with Gasteiger partial charge in [0.1, 0.15) is 5.82 Å². The third kappa shape index (κ3) is 4.98. The van der Waals surface area contributed by atoms with Crippen LogP contribution in [0.3, 0.4) is 0 Å². The van der Waals surface area contributed by atoms with Crippen molar-refractivity contribution >= 4 is 27.9 Å². The van der Waals surface area contributed by atoms with E-state index in [9.17, 15) is 14.0 Å². The van der Waals surface area contributed by atoms with Crippen LogP contribution in [0, 0.1) is 5.82 Å². The van der Waals surface area contributed by atoms with E-state index in [-0.39, 0.29) is 24.3 Å². The molecule has 0 aliphatic carbocycles. The molecular weight excluding hydrogens is 353 g/mol. The minimum atomic E-state index is -0.367. The molecule has 22 heavy (non-hydrogen) atoms. The summed E-state index contributed by atoms with van der Waals surface area (Å²) >= 11 is 3.12. The van der Waals surface area contributed by atoms with Crippen LogP contribution in [0.2, 0.25) is 0 Å². The molecule has 0 radical (unpaired) electrons. The van der Waals surface area contributed by atoms with Crippen molar-refractivity contribution in [2.75, 3.05) is 26.2 Å². The molecule has 7 heteroatoms. The molecule has 1 saturated heterocycles. The standard InChI is InChI=1S/C15H19BrFN3O2/c16-12-9-11(3-4-13(12)17)5-6-18-15(22)19-10-14(21)20-7-1-2-8-20/h3-4,9H,1-2,5-8,10H2,(H2,18,19,22). The van der Waals surface area contributed by atoms with Gasteiger partial charge in [-0.3, -0.25) is 4.79 Å². The Labute approximate surface area is 137 Å². The van der Waals surface area contributed by atoms with Gasteiger partial charge >= 0.3 is 6.03 Å². The fourth-order valence-electron chi connectivity index (χ4n) is 2.31. The number of urea groups is 1. The number of carbonyl (C=O) groups is 2. The smallest absolute Gasteiger partial charge is 0.315 e. The SMILES string of the molecule is O=C(NCCc1ccc(F)c(Br)c1)NCC(=O)N1CCCC1. The lowest BCUT2D eigenvalue weighted by Crippen LogP contribution is -2.43. The Kier molecular flexibility index (Phi) is 6.18. The van der Waals surface area contributed by atoms with Gasteiger partial charge in [0.25, 0.3) is 0 Å². The molecule has 1 heterocycles. The van der Waals surface area contributed by atoms with Crippen LogP contribution in [0.25, 0.3) is 0 Å². The third-order valence-corrected chi connectivity index (χ3v) is 4.15. The Morgan fingerprint density at radius 1 is 1.23 bits per heavy atom. The average molecular weight is 372 g/mol. The van der Waals surface area contributed by atoms with Crippen molar-refractivity contribution < 1.29 is 14.0 Å². The Bertz CT molecular complexity index is 548. The maximum atomic E-state index is 13.1. The average Bonchev–Trinajstić information content (AvgIpc) is 3.03. The summed E-state index contributed by atoms with van der Waals surface area (Å²) in [6, 6.07) is 4.38. The van der Waals surface area contributed by atoms with Crippen LogP contribution in [-0.2, 0) is 11.2 Å². The van der Waals surface area contributed by atoms with Gasteiger partial charge in [-0.25, -0.2) is 9.18 Å². The molecule has 2 N–H and O–H groups in total. The van der Waals surface area contributed by atoms with Crippen LogP contribution >= 0.6 is 15.9 Å². The molecule has 1 aromatic rings. The van der Waals surface area contributed by atoms with E-state index in [2.05, 4.69) is 26.6 Å². The number of amides is 3. The predicted octanol–water partition coefficient (Wildman–Crippen LogP) is 2.05. The molecule has 1 fully saturated rings. The third-order valence-electron chi connectivity index (χ3n) is 3.54. The number of nitrogens with zero attached hydrogens (tertiary/aromatic N) is 1. The summed E-state index contributed by atoms with van der Waals surface area (Å²) in [5, 5.41) is 5.24. The maximum absolute atomic E-state index is 13.1. The summed E-state index contributed by atoms with van der Waals surface area (Å²) < 4.78 is 13.5. The first-order valence-electron chi connectivity index (χ1n) is 7.29. The van der Waals surface area contributed by atoms with Crippen molar-refractivity contribution in [1.82, 2.24) is 15.5 Å². The van der Waals surface area contributed by atoms with Crippen LogP contribution in [0.5, 0.6) is 0 Å². The van der Waals surface area contributed by atoms with Gasteiger partial charge in [0, 0.05) is 19.6 Å². The number of rotatable bonds is 5. The molecule has 0 unspecified atom stereocenters. The number of benzene rings is 1. The lowest BCUT2D eigenvalue weighted by molar-refractivity contribution is -0.128. The zero-order chi connectivity index (χ0) is 15.9. The van der Waals surface area contributed by atoms with Crippen molar-refractivity contribution in [2.24, 2.45) is 0 Å². The minimum absolute atomic E-state index is 0.0218. The summed E-state index contributed by atoms with van der Waals surface area (Å²) in [6.07, 6.45) is 2.66. The maximum Gasteiger partial charge on any atom is 0.315 e. The molecule has 0 bridgehead atoms. The van der Waals surface area contributed by atoms with E-state index in [0.717, 1.165) is 31.5 Å². The van der Waals surface area contributed by atoms with E-state index in [1.165, 1.54) is 6.07 Å². The van der Waals surface area contributed by atoms with E-state index in [1.54, 1.807) is 17.0 Å². The summed E-state index contributed by atoms with van der Waals surface area (Å²) in [7, 11) is 0. The van der Waals surface area contributed by atoms with Gasteiger partial charge in [0.15, 0.2) is 0 Å². The van der Waals surface area contributed by atoms with E-state index >= 15 is 0 Å². The Hall–Kier alpha value is -1.63. The fraction of sp³-hybridized carbons (Fsp3) is 0.467. The molecule has 1 aliphatic heterocycles. The molecule has 3 amide bonds. The fourth-order valence-corrected chi connectivity index (χ4v) is 2.74. The molecule has 120 valence electrons.